The molecule has 3 rings (SSSR count). The molecule has 0 aromatic carbocycles. The lowest BCUT2D eigenvalue weighted by Crippen LogP contribution is -2.23. The van der Waals surface area contributed by atoms with Gasteiger partial charge in [0, 0.05) is 6.08 Å². The maximum Gasteiger partial charge on any atom is 0.262 e. The molecule has 1 N–H and O–H groups in total. The van der Waals surface area contributed by atoms with Gasteiger partial charge in [0.15, 0.2) is 11.5 Å². The third-order valence-electron chi connectivity index (χ3n) is 2.94. The molecule has 0 spiro atoms. The van der Waals surface area contributed by atoms with E-state index in [2.05, 4.69) is 11.4 Å². The van der Waals surface area contributed by atoms with Crippen molar-refractivity contribution in [2.45, 2.75) is 12.8 Å². The van der Waals surface area contributed by atoms with E-state index < -0.39 is 11.8 Å². The molecule has 0 fully saturated rings. The van der Waals surface area contributed by atoms with Gasteiger partial charge in [-0.3, -0.25) is 14.9 Å². The highest BCUT2D eigenvalue weighted by Gasteiger charge is 2.27. The molecule has 2 amide bonds. The SMILES string of the molecule is O=C1C=C(C2=COC(C3=CC=CCC3)=CO2)C(=O)N1. The number of rotatable bonds is 2. The molecule has 0 saturated heterocycles. The molecule has 3 aliphatic rings. The summed E-state index contributed by atoms with van der Waals surface area (Å²) in [4.78, 5) is 22.5. The number of imide groups is 1. The van der Waals surface area contributed by atoms with Crippen LogP contribution in [0.15, 0.2) is 59.5 Å². The molecule has 1 aliphatic carbocycles. The second-order valence-corrected chi connectivity index (χ2v) is 4.24. The fourth-order valence-electron chi connectivity index (χ4n) is 1.97. The fraction of sp³-hybridized carbons (Fsp3) is 0.143. The van der Waals surface area contributed by atoms with Gasteiger partial charge in [-0.05, 0) is 18.4 Å². The first-order valence-corrected chi connectivity index (χ1v) is 5.91. The second kappa shape index (κ2) is 4.61. The summed E-state index contributed by atoms with van der Waals surface area (Å²) in [7, 11) is 0. The number of amides is 2. The van der Waals surface area contributed by atoms with Gasteiger partial charge in [-0.25, -0.2) is 0 Å². The van der Waals surface area contributed by atoms with Crippen molar-refractivity contribution in [1.29, 1.82) is 0 Å². The van der Waals surface area contributed by atoms with Crippen LogP contribution in [0.4, 0.5) is 0 Å². The van der Waals surface area contributed by atoms with Crippen molar-refractivity contribution in [2.24, 2.45) is 0 Å². The number of carbonyl (C=O) groups is 2. The third kappa shape index (κ3) is 2.22. The zero-order valence-corrected chi connectivity index (χ0v) is 10.0. The molecule has 2 aliphatic heterocycles. The lowest BCUT2D eigenvalue weighted by molar-refractivity contribution is -0.123. The zero-order chi connectivity index (χ0) is 13.2. The van der Waals surface area contributed by atoms with Crippen molar-refractivity contribution >= 4 is 11.8 Å². The zero-order valence-electron chi connectivity index (χ0n) is 10.0. The normalized spacial score (nSPS) is 21.7. The van der Waals surface area contributed by atoms with Crippen LogP contribution in [-0.2, 0) is 19.1 Å². The van der Waals surface area contributed by atoms with Gasteiger partial charge in [0.2, 0.25) is 0 Å². The van der Waals surface area contributed by atoms with Gasteiger partial charge in [0.05, 0.1) is 5.57 Å². The van der Waals surface area contributed by atoms with Gasteiger partial charge >= 0.3 is 0 Å². The van der Waals surface area contributed by atoms with Crippen molar-refractivity contribution < 1.29 is 19.1 Å². The Balaban J connectivity index is 1.75. The number of carbonyl (C=O) groups excluding carboxylic acids is 2. The minimum atomic E-state index is -0.475. The molecule has 0 radical (unpaired) electrons. The molecule has 0 atom stereocenters. The summed E-state index contributed by atoms with van der Waals surface area (Å²) in [5.41, 5.74) is 1.22. The van der Waals surface area contributed by atoms with E-state index in [0.717, 1.165) is 18.4 Å². The topological polar surface area (TPSA) is 64.6 Å². The number of allylic oxidation sites excluding steroid dienone is 4. The number of ether oxygens (including phenoxy) is 2. The summed E-state index contributed by atoms with van der Waals surface area (Å²) in [6.45, 7) is 0. The Morgan fingerprint density at radius 3 is 2.47 bits per heavy atom. The number of hydrogen-bond donors (Lipinski definition) is 1. The molecular formula is C14H11NO4. The third-order valence-corrected chi connectivity index (χ3v) is 2.94. The lowest BCUT2D eigenvalue weighted by atomic mass is 10.0. The summed E-state index contributed by atoms with van der Waals surface area (Å²) < 4.78 is 10.8. The first kappa shape index (κ1) is 11.5. The maximum absolute atomic E-state index is 11.4. The summed E-state index contributed by atoms with van der Waals surface area (Å²) in [5.74, 6) is -0.0617. The Kier molecular flexibility index (Phi) is 2.79. The molecule has 96 valence electrons. The van der Waals surface area contributed by atoms with Gasteiger partial charge < -0.3 is 9.47 Å². The van der Waals surface area contributed by atoms with Crippen LogP contribution in [0.25, 0.3) is 0 Å². The second-order valence-electron chi connectivity index (χ2n) is 4.24. The van der Waals surface area contributed by atoms with Crippen molar-refractivity contribution in [1.82, 2.24) is 5.32 Å². The molecule has 0 bridgehead atoms. The van der Waals surface area contributed by atoms with E-state index in [4.69, 9.17) is 9.47 Å². The minimum Gasteiger partial charge on any atom is -0.458 e. The van der Waals surface area contributed by atoms with Crippen LogP contribution in [0.1, 0.15) is 12.8 Å². The van der Waals surface area contributed by atoms with E-state index in [9.17, 15) is 9.59 Å². The highest BCUT2D eigenvalue weighted by atomic mass is 16.5. The minimum absolute atomic E-state index is 0.179. The van der Waals surface area contributed by atoms with Gasteiger partial charge in [-0.1, -0.05) is 18.2 Å². The van der Waals surface area contributed by atoms with Crippen LogP contribution in [0.2, 0.25) is 0 Å². The summed E-state index contributed by atoms with van der Waals surface area (Å²) in [6, 6.07) is 0. The Bertz CT molecular complexity index is 605. The largest absolute Gasteiger partial charge is 0.458 e. The molecule has 0 aromatic rings. The molecule has 0 unspecified atom stereocenters. The molecule has 0 saturated carbocycles. The molecular weight excluding hydrogens is 246 g/mol. The van der Waals surface area contributed by atoms with E-state index in [1.54, 1.807) is 0 Å². The average molecular weight is 257 g/mol. The van der Waals surface area contributed by atoms with Crippen LogP contribution in [0.3, 0.4) is 0 Å². The Labute approximate surface area is 109 Å². The number of nitrogens with one attached hydrogen (secondary N) is 1. The van der Waals surface area contributed by atoms with Gasteiger partial charge in [-0.15, -0.1) is 0 Å². The van der Waals surface area contributed by atoms with E-state index in [1.807, 2.05) is 12.2 Å². The average Bonchev–Trinajstić information content (AvgIpc) is 2.79. The predicted molar refractivity (Wildman–Crippen MR) is 66.0 cm³/mol. The van der Waals surface area contributed by atoms with Crippen molar-refractivity contribution in [3.8, 4) is 0 Å². The quantitative estimate of drug-likeness (QED) is 0.763. The van der Waals surface area contributed by atoms with Gasteiger partial charge in [0.1, 0.15) is 12.5 Å². The van der Waals surface area contributed by atoms with Crippen LogP contribution in [-0.4, -0.2) is 11.8 Å². The van der Waals surface area contributed by atoms with Crippen LogP contribution in [0, 0.1) is 0 Å². The van der Waals surface area contributed by atoms with Gasteiger partial charge in [-0.2, -0.15) is 0 Å². The van der Waals surface area contributed by atoms with Crippen molar-refractivity contribution in [3.05, 3.63) is 59.5 Å². The Morgan fingerprint density at radius 1 is 1.11 bits per heavy atom. The lowest BCUT2D eigenvalue weighted by Gasteiger charge is -2.17. The fourth-order valence-corrected chi connectivity index (χ4v) is 1.97. The molecule has 5 heteroatoms. The van der Waals surface area contributed by atoms with Crippen LogP contribution >= 0.6 is 0 Å². The van der Waals surface area contributed by atoms with E-state index >= 15 is 0 Å². The maximum atomic E-state index is 11.4. The van der Waals surface area contributed by atoms with Crippen LogP contribution in [0.5, 0.6) is 0 Å². The first-order chi connectivity index (χ1) is 9.24. The van der Waals surface area contributed by atoms with Crippen molar-refractivity contribution in [2.75, 3.05) is 0 Å². The Morgan fingerprint density at radius 2 is 1.89 bits per heavy atom. The van der Waals surface area contributed by atoms with Crippen molar-refractivity contribution in [3.63, 3.8) is 0 Å². The molecule has 0 aromatic heterocycles. The van der Waals surface area contributed by atoms with Gasteiger partial charge in [0.25, 0.3) is 11.8 Å². The molecule has 5 nitrogen and oxygen atoms in total. The summed E-state index contributed by atoms with van der Waals surface area (Å²) >= 11 is 0. The standard InChI is InChI=1S/C14H11NO4/c16-13-6-10(14(17)15-13)12-8-18-11(7-19-12)9-4-2-1-3-5-9/h1-2,4,6-8H,3,5H2,(H,15,16,17). The van der Waals surface area contributed by atoms with E-state index in [1.165, 1.54) is 18.6 Å². The smallest absolute Gasteiger partial charge is 0.262 e. The highest BCUT2D eigenvalue weighted by Crippen LogP contribution is 2.27. The summed E-state index contributed by atoms with van der Waals surface area (Å²) in [6.07, 6.45) is 11.8. The van der Waals surface area contributed by atoms with Crippen LogP contribution < -0.4 is 5.32 Å². The summed E-state index contributed by atoms with van der Waals surface area (Å²) in [5, 5.41) is 2.15. The molecule has 2 heterocycles. The molecule has 19 heavy (non-hydrogen) atoms. The number of hydrogen-bond acceptors (Lipinski definition) is 4. The monoisotopic (exact) mass is 257 g/mol. The van der Waals surface area contributed by atoms with E-state index in [0.29, 0.717) is 5.76 Å². The first-order valence-electron chi connectivity index (χ1n) is 5.91. The van der Waals surface area contributed by atoms with E-state index in [-0.39, 0.29) is 11.3 Å². The predicted octanol–water partition coefficient (Wildman–Crippen LogP) is 1.58. The Hall–Kier alpha value is -2.56. The highest BCUT2D eigenvalue weighted by molar-refractivity contribution is 6.18.